The van der Waals surface area contributed by atoms with Gasteiger partial charge in [0.05, 0.1) is 6.61 Å². The SMILES string of the molecule is CC(C)N1CCCc2ccc(OCCCN3CCC(c4ccc(F)cc4F)CC3)cc2C1. The van der Waals surface area contributed by atoms with E-state index in [0.717, 1.165) is 70.2 Å². The fraction of sp³-hybridized carbons (Fsp3) is 0.556. The lowest BCUT2D eigenvalue weighted by Gasteiger charge is -2.32. The average molecular weight is 443 g/mol. The molecule has 2 aliphatic heterocycles. The van der Waals surface area contributed by atoms with Crippen LogP contribution in [0.25, 0.3) is 0 Å². The summed E-state index contributed by atoms with van der Waals surface area (Å²) in [7, 11) is 0. The monoisotopic (exact) mass is 442 g/mol. The fourth-order valence-corrected chi connectivity index (χ4v) is 5.07. The molecule has 0 N–H and O–H groups in total. The zero-order valence-corrected chi connectivity index (χ0v) is 19.5. The molecule has 32 heavy (non-hydrogen) atoms. The van der Waals surface area contributed by atoms with Crippen LogP contribution in [0.2, 0.25) is 0 Å². The van der Waals surface area contributed by atoms with Gasteiger partial charge in [-0.2, -0.15) is 0 Å². The molecule has 0 aliphatic carbocycles. The summed E-state index contributed by atoms with van der Waals surface area (Å²) in [4.78, 5) is 4.97. The van der Waals surface area contributed by atoms with Crippen molar-refractivity contribution in [2.75, 3.05) is 32.8 Å². The molecule has 2 aromatic rings. The number of rotatable bonds is 7. The van der Waals surface area contributed by atoms with Crippen molar-refractivity contribution in [3.63, 3.8) is 0 Å². The third kappa shape index (κ3) is 5.87. The lowest BCUT2D eigenvalue weighted by molar-refractivity contribution is 0.191. The van der Waals surface area contributed by atoms with Crippen LogP contribution in [0.1, 0.15) is 62.1 Å². The van der Waals surface area contributed by atoms with Gasteiger partial charge in [-0.05, 0) is 106 Å². The Labute approximate surface area is 191 Å². The van der Waals surface area contributed by atoms with Crippen LogP contribution < -0.4 is 4.74 Å². The first-order valence-corrected chi connectivity index (χ1v) is 12.2. The summed E-state index contributed by atoms with van der Waals surface area (Å²) in [6.07, 6.45) is 5.18. The molecule has 3 nitrogen and oxygen atoms in total. The molecule has 0 spiro atoms. The molecule has 0 saturated carbocycles. The summed E-state index contributed by atoms with van der Waals surface area (Å²) in [5, 5.41) is 0. The summed E-state index contributed by atoms with van der Waals surface area (Å²) >= 11 is 0. The average Bonchev–Trinajstić information content (AvgIpc) is 3.00. The normalized spacial score (nSPS) is 18.5. The molecule has 5 heteroatoms. The van der Waals surface area contributed by atoms with Crippen molar-refractivity contribution in [1.29, 1.82) is 0 Å². The van der Waals surface area contributed by atoms with Gasteiger partial charge in [-0.15, -0.1) is 0 Å². The van der Waals surface area contributed by atoms with Crippen LogP contribution >= 0.6 is 0 Å². The van der Waals surface area contributed by atoms with E-state index in [2.05, 4.69) is 41.8 Å². The Morgan fingerprint density at radius 1 is 1.00 bits per heavy atom. The van der Waals surface area contributed by atoms with Gasteiger partial charge in [0, 0.05) is 25.2 Å². The van der Waals surface area contributed by atoms with Gasteiger partial charge in [0.2, 0.25) is 0 Å². The van der Waals surface area contributed by atoms with Gasteiger partial charge in [0.1, 0.15) is 17.4 Å². The highest BCUT2D eigenvalue weighted by atomic mass is 19.1. The van der Waals surface area contributed by atoms with Crippen molar-refractivity contribution in [2.24, 2.45) is 0 Å². The van der Waals surface area contributed by atoms with E-state index in [1.54, 1.807) is 6.07 Å². The first-order valence-electron chi connectivity index (χ1n) is 12.2. The molecule has 2 heterocycles. The van der Waals surface area contributed by atoms with Crippen molar-refractivity contribution in [1.82, 2.24) is 9.80 Å². The van der Waals surface area contributed by atoms with E-state index < -0.39 is 11.6 Å². The minimum absolute atomic E-state index is 0.188. The molecule has 2 aliphatic rings. The topological polar surface area (TPSA) is 15.7 Å². The molecular formula is C27H36F2N2O. The maximum absolute atomic E-state index is 14.1. The van der Waals surface area contributed by atoms with Gasteiger partial charge in [0.25, 0.3) is 0 Å². The minimum Gasteiger partial charge on any atom is -0.494 e. The standard InChI is InChI=1S/C27H36F2N2O/c1-20(2)31-13-3-5-21-6-8-25(17-23(21)19-31)32-16-4-12-30-14-10-22(11-15-30)26-9-7-24(28)18-27(26)29/h6-9,17-18,20,22H,3-5,10-16,19H2,1-2H3. The summed E-state index contributed by atoms with van der Waals surface area (Å²) in [6, 6.07) is 11.1. The highest BCUT2D eigenvalue weighted by Gasteiger charge is 2.23. The molecule has 4 rings (SSSR count). The van der Waals surface area contributed by atoms with E-state index in [9.17, 15) is 8.78 Å². The van der Waals surface area contributed by atoms with Gasteiger partial charge in [0.15, 0.2) is 0 Å². The van der Waals surface area contributed by atoms with Gasteiger partial charge < -0.3 is 9.64 Å². The molecule has 2 aromatic carbocycles. The molecule has 0 bridgehead atoms. The Hall–Kier alpha value is -1.98. The Bertz CT molecular complexity index is 893. The quantitative estimate of drug-likeness (QED) is 0.506. The highest BCUT2D eigenvalue weighted by Crippen LogP contribution is 2.30. The van der Waals surface area contributed by atoms with Crippen molar-refractivity contribution < 1.29 is 13.5 Å². The largest absolute Gasteiger partial charge is 0.494 e. The number of benzene rings is 2. The van der Waals surface area contributed by atoms with Crippen LogP contribution in [0.5, 0.6) is 5.75 Å². The third-order valence-electron chi connectivity index (χ3n) is 7.05. The van der Waals surface area contributed by atoms with Crippen molar-refractivity contribution in [3.05, 3.63) is 64.7 Å². The molecule has 1 fully saturated rings. The fourth-order valence-electron chi connectivity index (χ4n) is 5.07. The number of halogens is 2. The maximum atomic E-state index is 14.1. The van der Waals surface area contributed by atoms with E-state index >= 15 is 0 Å². The number of fused-ring (bicyclic) bond motifs is 1. The second kappa shape index (κ2) is 10.8. The third-order valence-corrected chi connectivity index (χ3v) is 7.05. The maximum Gasteiger partial charge on any atom is 0.129 e. The zero-order valence-electron chi connectivity index (χ0n) is 19.5. The second-order valence-corrected chi connectivity index (χ2v) is 9.58. The van der Waals surface area contributed by atoms with Crippen LogP contribution in [0.4, 0.5) is 8.78 Å². The van der Waals surface area contributed by atoms with E-state index in [0.29, 0.717) is 18.2 Å². The van der Waals surface area contributed by atoms with Gasteiger partial charge in [-0.3, -0.25) is 4.90 Å². The van der Waals surface area contributed by atoms with Gasteiger partial charge >= 0.3 is 0 Å². The molecule has 1 saturated heterocycles. The summed E-state index contributed by atoms with van der Waals surface area (Å²) in [6.45, 7) is 10.3. The van der Waals surface area contributed by atoms with E-state index in [1.165, 1.54) is 23.6 Å². The first kappa shape index (κ1) is 23.2. The molecule has 0 unspecified atom stereocenters. The number of hydrogen-bond donors (Lipinski definition) is 0. The van der Waals surface area contributed by atoms with Crippen LogP contribution in [-0.2, 0) is 13.0 Å². The van der Waals surface area contributed by atoms with Crippen LogP contribution in [0.15, 0.2) is 36.4 Å². The van der Waals surface area contributed by atoms with Gasteiger partial charge in [-0.1, -0.05) is 12.1 Å². The van der Waals surface area contributed by atoms with Crippen LogP contribution in [0, 0.1) is 11.6 Å². The van der Waals surface area contributed by atoms with Crippen molar-refractivity contribution in [3.8, 4) is 5.75 Å². The lowest BCUT2D eigenvalue weighted by Crippen LogP contribution is -2.34. The highest BCUT2D eigenvalue weighted by molar-refractivity contribution is 5.36. The summed E-state index contributed by atoms with van der Waals surface area (Å²) in [5.41, 5.74) is 3.53. The Balaban J connectivity index is 1.21. The van der Waals surface area contributed by atoms with Crippen molar-refractivity contribution in [2.45, 2.75) is 64.5 Å². The lowest BCUT2D eigenvalue weighted by atomic mass is 9.89. The molecule has 0 amide bonds. The Kier molecular flexibility index (Phi) is 7.80. The number of ether oxygens (including phenoxy) is 1. The van der Waals surface area contributed by atoms with E-state index in [-0.39, 0.29) is 5.92 Å². The predicted molar refractivity (Wildman–Crippen MR) is 125 cm³/mol. The molecular weight excluding hydrogens is 406 g/mol. The number of hydrogen-bond acceptors (Lipinski definition) is 3. The number of aryl methyl sites for hydroxylation is 1. The molecule has 0 atom stereocenters. The first-order chi connectivity index (χ1) is 15.5. The van der Waals surface area contributed by atoms with Gasteiger partial charge in [-0.25, -0.2) is 8.78 Å². The summed E-state index contributed by atoms with van der Waals surface area (Å²) < 4.78 is 33.3. The molecule has 0 radical (unpaired) electrons. The zero-order chi connectivity index (χ0) is 22.5. The Morgan fingerprint density at radius 3 is 2.56 bits per heavy atom. The van der Waals surface area contributed by atoms with Crippen LogP contribution in [-0.4, -0.2) is 48.6 Å². The number of likely N-dealkylation sites (tertiary alicyclic amines) is 1. The van der Waals surface area contributed by atoms with Crippen molar-refractivity contribution >= 4 is 0 Å². The molecule has 0 aromatic heterocycles. The minimum atomic E-state index is -0.504. The number of piperidine rings is 1. The van der Waals surface area contributed by atoms with E-state index in [4.69, 9.17) is 4.74 Å². The van der Waals surface area contributed by atoms with E-state index in [1.807, 2.05) is 0 Å². The predicted octanol–water partition coefficient (Wildman–Crippen LogP) is 5.77. The number of nitrogens with zero attached hydrogens (tertiary/aromatic N) is 2. The summed E-state index contributed by atoms with van der Waals surface area (Å²) in [5.74, 6) is 0.248. The second-order valence-electron chi connectivity index (χ2n) is 9.58. The molecule has 174 valence electrons. The smallest absolute Gasteiger partial charge is 0.129 e. The Morgan fingerprint density at radius 2 is 1.81 bits per heavy atom. The van der Waals surface area contributed by atoms with Crippen LogP contribution in [0.3, 0.4) is 0 Å².